The molecule has 40 heavy (non-hydrogen) atoms. The number of pyridine rings is 1. The van der Waals surface area contributed by atoms with Gasteiger partial charge in [-0.3, -0.25) is 14.5 Å². The van der Waals surface area contributed by atoms with Crippen LogP contribution in [0, 0.1) is 17.2 Å². The number of aryl methyl sites for hydroxylation is 1. The van der Waals surface area contributed by atoms with E-state index in [1.165, 1.54) is 54.5 Å². The molecule has 3 aliphatic carbocycles. The number of Topliss-reactive ketones (excluding diaryl/α,β-unsaturated/α-hetero) is 1. The summed E-state index contributed by atoms with van der Waals surface area (Å²) in [4.78, 5) is 22.3. The number of benzene rings is 1. The second-order valence-corrected chi connectivity index (χ2v) is 12.8. The molecule has 1 saturated carbocycles. The number of fused-ring (bicyclic) bond motifs is 3. The first-order valence-electron chi connectivity index (χ1n) is 12.9. The van der Waals surface area contributed by atoms with E-state index in [2.05, 4.69) is 20.4 Å². The van der Waals surface area contributed by atoms with Gasteiger partial charge < -0.3 is 5.32 Å². The van der Waals surface area contributed by atoms with Crippen molar-refractivity contribution < 1.29 is 26.4 Å². The maximum absolute atomic E-state index is 15.9. The Morgan fingerprint density at radius 1 is 1.12 bits per heavy atom. The number of nitrogens with one attached hydrogen (secondary N) is 1. The number of carbonyl (C=O) groups excluding carboxylic acids is 1. The maximum atomic E-state index is 15.9. The second kappa shape index (κ2) is 9.12. The molecule has 1 aromatic carbocycles. The summed E-state index contributed by atoms with van der Waals surface area (Å²) in [5, 5.41) is 5.82. The molecule has 1 fully saturated rings. The molecular formula is C28H26F3N5O3S. The van der Waals surface area contributed by atoms with Crippen LogP contribution in [0.5, 0.6) is 0 Å². The van der Waals surface area contributed by atoms with Gasteiger partial charge in [0.1, 0.15) is 17.8 Å². The van der Waals surface area contributed by atoms with E-state index in [-0.39, 0.29) is 47.7 Å². The second-order valence-electron chi connectivity index (χ2n) is 10.7. The smallest absolute Gasteiger partial charge is 0.279 e. The normalized spacial score (nSPS) is 25.8. The van der Waals surface area contributed by atoms with Crippen molar-refractivity contribution in [3.63, 3.8) is 0 Å². The highest BCUT2D eigenvalue weighted by Gasteiger charge is 2.55. The van der Waals surface area contributed by atoms with Crippen molar-refractivity contribution in [3.05, 3.63) is 88.9 Å². The van der Waals surface area contributed by atoms with Crippen LogP contribution in [0.4, 0.5) is 18.9 Å². The van der Waals surface area contributed by atoms with Crippen LogP contribution in [-0.2, 0) is 22.8 Å². The molecule has 8 nitrogen and oxygen atoms in total. The third-order valence-corrected chi connectivity index (χ3v) is 10.3. The summed E-state index contributed by atoms with van der Waals surface area (Å²) in [7, 11) is -2.46. The van der Waals surface area contributed by atoms with Crippen LogP contribution in [0.3, 0.4) is 0 Å². The van der Waals surface area contributed by atoms with E-state index >= 15 is 8.78 Å². The molecule has 0 radical (unpaired) electrons. The highest BCUT2D eigenvalue weighted by Crippen LogP contribution is 2.56. The van der Waals surface area contributed by atoms with Crippen LogP contribution in [0.2, 0.25) is 0 Å². The van der Waals surface area contributed by atoms with E-state index in [0.717, 1.165) is 6.07 Å². The van der Waals surface area contributed by atoms with Gasteiger partial charge in [0, 0.05) is 36.1 Å². The third-order valence-electron chi connectivity index (χ3n) is 8.36. The number of nitrogens with zero attached hydrogens (tertiary/aromatic N) is 4. The minimum Gasteiger partial charge on any atom is -0.356 e. The molecule has 0 aliphatic heterocycles. The van der Waals surface area contributed by atoms with Gasteiger partial charge in [-0.25, -0.2) is 26.6 Å². The van der Waals surface area contributed by atoms with Crippen LogP contribution in [0.25, 0.3) is 0 Å². The minimum atomic E-state index is -4.02. The zero-order chi connectivity index (χ0) is 28.4. The molecule has 0 amide bonds. The van der Waals surface area contributed by atoms with Crippen molar-refractivity contribution in [3.8, 4) is 0 Å². The zero-order valence-electron chi connectivity index (χ0n) is 21.7. The summed E-state index contributed by atoms with van der Waals surface area (Å²) >= 11 is 0. The molecule has 6 rings (SSSR count). The quantitative estimate of drug-likeness (QED) is 0.472. The summed E-state index contributed by atoms with van der Waals surface area (Å²) in [6, 6.07) is 7.85. The summed E-state index contributed by atoms with van der Waals surface area (Å²) < 4.78 is 73.9. The van der Waals surface area contributed by atoms with Crippen LogP contribution in [0.1, 0.15) is 48.7 Å². The number of alkyl halides is 2. The fourth-order valence-corrected chi connectivity index (χ4v) is 7.78. The van der Waals surface area contributed by atoms with E-state index in [1.54, 1.807) is 13.1 Å². The van der Waals surface area contributed by atoms with Gasteiger partial charge in [-0.15, -0.1) is 5.10 Å². The molecule has 2 heterocycles. The summed E-state index contributed by atoms with van der Waals surface area (Å²) in [5.74, 6) is -5.62. The van der Waals surface area contributed by atoms with E-state index in [0.29, 0.717) is 17.0 Å². The number of halogens is 3. The average molecular weight is 570 g/mol. The lowest BCUT2D eigenvalue weighted by Gasteiger charge is -2.45. The summed E-state index contributed by atoms with van der Waals surface area (Å²) in [5.41, 5.74) is -0.0362. The molecule has 0 saturated heterocycles. The van der Waals surface area contributed by atoms with Gasteiger partial charge in [-0.2, -0.15) is 0 Å². The standard InChI is InChI=1S/C28H26F3N5O3S/c1-16-22-14-27(25(37)24-12-18(9-10-32-24)28(16,30)31)13-21(40(38,39)26-33-15-36(2)35-26)8-3-17(27)11-23(22)34-20-6-4-19(29)5-7-20/h4-7,9-12,15-16,21,34H,3,8,13-14H2,1-2H3/t16?,21-,27+/m0/s1. The molecule has 12 heteroatoms. The van der Waals surface area contributed by atoms with Gasteiger partial charge in [0.25, 0.3) is 11.1 Å². The Kier molecular flexibility index (Phi) is 6.02. The van der Waals surface area contributed by atoms with Crippen molar-refractivity contribution in [1.29, 1.82) is 0 Å². The van der Waals surface area contributed by atoms with Crippen LogP contribution >= 0.6 is 0 Å². The SMILES string of the molecule is CC1C2=C(Nc3ccc(F)cc3)C=C3CC[C@H](S(=O)(=O)c4ncn(C)n4)C[C@]3(C2)C(=O)c2cc(ccn2)C1(F)F. The molecule has 208 valence electrons. The lowest BCUT2D eigenvalue weighted by molar-refractivity contribution is -0.0469. The van der Waals surface area contributed by atoms with E-state index in [9.17, 15) is 17.6 Å². The molecule has 3 atom stereocenters. The molecule has 1 unspecified atom stereocenters. The lowest BCUT2D eigenvalue weighted by atomic mass is 9.60. The Bertz CT molecular complexity index is 1700. The van der Waals surface area contributed by atoms with Gasteiger partial charge in [-0.1, -0.05) is 12.5 Å². The Morgan fingerprint density at radius 3 is 2.58 bits per heavy atom. The van der Waals surface area contributed by atoms with Crippen molar-refractivity contribution in [2.75, 3.05) is 5.32 Å². The summed E-state index contributed by atoms with van der Waals surface area (Å²) in [6.45, 7) is 1.40. The fourth-order valence-electron chi connectivity index (χ4n) is 6.11. The van der Waals surface area contributed by atoms with E-state index in [1.807, 2.05) is 0 Å². The first kappa shape index (κ1) is 26.4. The van der Waals surface area contributed by atoms with Gasteiger partial charge in [0.05, 0.1) is 10.7 Å². The van der Waals surface area contributed by atoms with Crippen LogP contribution in [-0.4, -0.2) is 39.2 Å². The molecule has 2 aromatic heterocycles. The predicted octanol–water partition coefficient (Wildman–Crippen LogP) is 4.98. The van der Waals surface area contributed by atoms with E-state index in [4.69, 9.17) is 0 Å². The van der Waals surface area contributed by atoms with E-state index < -0.39 is 43.9 Å². The van der Waals surface area contributed by atoms with Gasteiger partial charge in [-0.05, 0) is 73.7 Å². The molecule has 3 aliphatic rings. The number of hydrogen-bond acceptors (Lipinski definition) is 7. The number of aromatic nitrogens is 4. The minimum absolute atomic E-state index is 0.111. The molecule has 4 bridgehead atoms. The monoisotopic (exact) mass is 569 g/mol. The fraction of sp³-hybridized carbons (Fsp3) is 0.357. The Hall–Kier alpha value is -3.80. The third kappa shape index (κ3) is 4.07. The predicted molar refractivity (Wildman–Crippen MR) is 140 cm³/mol. The molecular weight excluding hydrogens is 543 g/mol. The topological polar surface area (TPSA) is 107 Å². The first-order chi connectivity index (χ1) is 18.9. The van der Waals surface area contributed by atoms with Gasteiger partial charge in [0.2, 0.25) is 9.84 Å². The maximum Gasteiger partial charge on any atom is 0.279 e. The number of ketones is 1. The number of rotatable bonds is 4. The summed E-state index contributed by atoms with van der Waals surface area (Å²) in [6.07, 6.45) is 4.41. The Balaban J connectivity index is 1.52. The number of anilines is 1. The average Bonchev–Trinajstić information content (AvgIpc) is 3.39. The van der Waals surface area contributed by atoms with Gasteiger partial charge in [0.15, 0.2) is 5.78 Å². The molecule has 1 spiro atoms. The largest absolute Gasteiger partial charge is 0.356 e. The number of allylic oxidation sites excluding steroid dienone is 3. The van der Waals surface area contributed by atoms with Crippen molar-refractivity contribution >= 4 is 21.3 Å². The zero-order valence-corrected chi connectivity index (χ0v) is 22.6. The van der Waals surface area contributed by atoms with Crippen molar-refractivity contribution in [1.82, 2.24) is 19.7 Å². The highest BCUT2D eigenvalue weighted by atomic mass is 32.2. The highest BCUT2D eigenvalue weighted by molar-refractivity contribution is 7.91. The molecule has 1 N–H and O–H groups in total. The first-order valence-corrected chi connectivity index (χ1v) is 14.4. The van der Waals surface area contributed by atoms with Crippen molar-refractivity contribution in [2.45, 2.75) is 48.9 Å². The number of sulfone groups is 1. The Labute approximate surface area is 229 Å². The van der Waals surface area contributed by atoms with Crippen molar-refractivity contribution in [2.24, 2.45) is 18.4 Å². The Morgan fingerprint density at radius 2 is 1.88 bits per heavy atom. The number of hydrogen-bond donors (Lipinski definition) is 1. The van der Waals surface area contributed by atoms with Gasteiger partial charge >= 0.3 is 0 Å². The molecule has 3 aromatic rings. The van der Waals surface area contributed by atoms with Crippen LogP contribution < -0.4 is 5.32 Å². The van der Waals surface area contributed by atoms with Crippen LogP contribution in [0.15, 0.2) is 77.0 Å². The lowest BCUT2D eigenvalue weighted by Crippen LogP contribution is -2.45. The number of carbonyl (C=O) groups is 1.